The third-order valence-electron chi connectivity index (χ3n) is 8.47. The Morgan fingerprint density at radius 2 is 1.90 bits per heavy atom. The molecule has 2 aromatic rings. The van der Waals surface area contributed by atoms with Crippen LogP contribution in [0.25, 0.3) is 0 Å². The summed E-state index contributed by atoms with van der Waals surface area (Å²) in [6.45, 7) is 9.70. The summed E-state index contributed by atoms with van der Waals surface area (Å²) in [7, 11) is 0. The molecule has 2 aliphatic carbocycles. The molecule has 0 aromatic heterocycles. The molecular weight excluding hydrogens is 524 g/mol. The van der Waals surface area contributed by atoms with Gasteiger partial charge in [0.15, 0.2) is 11.6 Å². The first-order valence-corrected chi connectivity index (χ1v) is 15.3. The third-order valence-corrected chi connectivity index (χ3v) is 10.2. The molecule has 6 rings (SSSR count). The lowest BCUT2D eigenvalue weighted by Gasteiger charge is -2.38. The number of nitrogens with zero attached hydrogens (tertiary/aromatic N) is 1. The maximum atomic E-state index is 13.3. The van der Waals surface area contributed by atoms with Gasteiger partial charge in [-0.05, 0) is 105 Å². The van der Waals surface area contributed by atoms with Gasteiger partial charge in [0.2, 0.25) is 0 Å². The SMILES string of the molecule is CCN1c2ccccc2SC1C=C1CCCC(C=C2C(=O)C(c3ccc4c(c3)C(C)CC(C)(C)N4)C2=O)=C1Cl. The van der Waals surface area contributed by atoms with Gasteiger partial charge in [0.05, 0.1) is 16.6 Å². The lowest BCUT2D eigenvalue weighted by Crippen LogP contribution is -2.39. The van der Waals surface area contributed by atoms with Gasteiger partial charge in [0.25, 0.3) is 0 Å². The number of carbonyl (C=O) groups is 2. The van der Waals surface area contributed by atoms with Crippen LogP contribution in [-0.4, -0.2) is 29.0 Å². The van der Waals surface area contributed by atoms with Gasteiger partial charge in [0, 0.05) is 27.7 Å². The van der Waals surface area contributed by atoms with Gasteiger partial charge >= 0.3 is 0 Å². The van der Waals surface area contributed by atoms with E-state index in [4.69, 9.17) is 11.6 Å². The van der Waals surface area contributed by atoms with Crippen molar-refractivity contribution >= 4 is 46.3 Å². The van der Waals surface area contributed by atoms with E-state index in [0.29, 0.717) is 11.0 Å². The van der Waals surface area contributed by atoms with Gasteiger partial charge in [-0.1, -0.05) is 54.6 Å². The number of halogens is 1. The lowest BCUT2D eigenvalue weighted by molar-refractivity contribution is -0.133. The second-order valence-electron chi connectivity index (χ2n) is 11.8. The maximum absolute atomic E-state index is 13.3. The van der Waals surface area contributed by atoms with Gasteiger partial charge in [-0.15, -0.1) is 0 Å². The minimum absolute atomic E-state index is 0.0293. The van der Waals surface area contributed by atoms with Crippen LogP contribution in [0.2, 0.25) is 0 Å². The first-order chi connectivity index (χ1) is 18.7. The van der Waals surface area contributed by atoms with Crippen LogP contribution in [0, 0.1) is 0 Å². The molecule has 1 fully saturated rings. The Labute approximate surface area is 240 Å². The Balaban J connectivity index is 1.23. The van der Waals surface area contributed by atoms with Crippen molar-refractivity contribution in [3.63, 3.8) is 0 Å². The number of para-hydroxylation sites is 1. The molecule has 4 nitrogen and oxygen atoms in total. The zero-order valence-electron chi connectivity index (χ0n) is 23.0. The van der Waals surface area contributed by atoms with Gasteiger partial charge in [-0.3, -0.25) is 9.59 Å². The Kier molecular flexibility index (Phi) is 6.79. The fraction of sp³-hybridized carbons (Fsp3) is 0.394. The number of thioether (sulfide) groups is 1. The van der Waals surface area contributed by atoms with E-state index >= 15 is 0 Å². The van der Waals surface area contributed by atoms with Gasteiger partial charge in [-0.2, -0.15) is 0 Å². The van der Waals surface area contributed by atoms with Crippen molar-refractivity contribution < 1.29 is 9.59 Å². The summed E-state index contributed by atoms with van der Waals surface area (Å²) in [6, 6.07) is 14.5. The van der Waals surface area contributed by atoms with E-state index in [1.54, 1.807) is 6.08 Å². The quantitative estimate of drug-likeness (QED) is 0.233. The zero-order valence-corrected chi connectivity index (χ0v) is 24.6. The van der Waals surface area contributed by atoms with Crippen LogP contribution in [-0.2, 0) is 9.59 Å². The predicted octanol–water partition coefficient (Wildman–Crippen LogP) is 8.11. The van der Waals surface area contributed by atoms with E-state index in [1.165, 1.54) is 16.1 Å². The number of likely N-dealkylation sites (N-methyl/N-ethyl adjacent to an activating group) is 1. The molecule has 2 atom stereocenters. The first-order valence-electron chi connectivity index (χ1n) is 14.0. The number of anilines is 2. The van der Waals surface area contributed by atoms with Crippen LogP contribution in [0.1, 0.15) is 76.3 Å². The highest BCUT2D eigenvalue weighted by Gasteiger charge is 2.45. The maximum Gasteiger partial charge on any atom is 0.181 e. The van der Waals surface area contributed by atoms with Crippen LogP contribution in [0.5, 0.6) is 0 Å². The minimum atomic E-state index is -0.701. The highest BCUT2D eigenvalue weighted by atomic mass is 35.5. The average Bonchev–Trinajstić information content (AvgIpc) is 3.26. The molecule has 0 radical (unpaired) electrons. The van der Waals surface area contributed by atoms with E-state index in [-0.39, 0.29) is 28.1 Å². The molecule has 6 heteroatoms. The molecule has 4 aliphatic rings. The highest BCUT2D eigenvalue weighted by Crippen LogP contribution is 2.46. The first kappa shape index (κ1) is 26.5. The molecule has 2 aromatic carbocycles. The number of nitrogens with one attached hydrogen (secondary N) is 1. The normalized spacial score (nSPS) is 26.8. The molecule has 0 spiro atoms. The van der Waals surface area contributed by atoms with E-state index in [1.807, 2.05) is 23.9 Å². The fourth-order valence-corrected chi connectivity index (χ4v) is 8.28. The number of hydrogen-bond donors (Lipinski definition) is 1. The molecule has 1 N–H and O–H groups in total. The second kappa shape index (κ2) is 10.0. The summed E-state index contributed by atoms with van der Waals surface area (Å²) < 4.78 is 0. The summed E-state index contributed by atoms with van der Waals surface area (Å²) in [5.74, 6) is -0.525. The van der Waals surface area contributed by atoms with Crippen molar-refractivity contribution in [2.75, 3.05) is 16.8 Å². The number of rotatable bonds is 4. The number of fused-ring (bicyclic) bond motifs is 2. The Morgan fingerprint density at radius 3 is 2.67 bits per heavy atom. The number of hydrogen-bond acceptors (Lipinski definition) is 5. The summed E-state index contributed by atoms with van der Waals surface area (Å²) in [5.41, 5.74) is 6.67. The second-order valence-corrected chi connectivity index (χ2v) is 13.4. The number of allylic oxidation sites excluding steroid dienone is 5. The van der Waals surface area contributed by atoms with Gasteiger partial charge in [0.1, 0.15) is 5.92 Å². The topological polar surface area (TPSA) is 49.4 Å². The molecule has 2 heterocycles. The standard InChI is InChI=1S/C33H35ClN2O2S/c1-5-36-26-11-6-7-12-27(26)39-28(36)17-22-10-8-9-21(30(22)34)16-24-31(37)29(32(24)38)20-13-14-25-23(15-20)19(2)18-33(3,4)35-25/h6-7,11-17,19,28-29,35H,5,8-10,18H2,1-4H3. The minimum Gasteiger partial charge on any atom is -0.380 e. The summed E-state index contributed by atoms with van der Waals surface area (Å²) in [5, 5.41) is 4.47. The van der Waals surface area contributed by atoms with Crippen LogP contribution < -0.4 is 10.2 Å². The number of benzene rings is 2. The monoisotopic (exact) mass is 558 g/mol. The van der Waals surface area contributed by atoms with E-state index in [0.717, 1.165) is 54.6 Å². The van der Waals surface area contributed by atoms with Crippen LogP contribution in [0.3, 0.4) is 0 Å². The van der Waals surface area contributed by atoms with Crippen molar-refractivity contribution in [1.82, 2.24) is 0 Å². The number of Topliss-reactive ketones (excluding diaryl/α,β-unsaturated/α-hetero) is 2. The zero-order chi connectivity index (χ0) is 27.5. The Morgan fingerprint density at radius 1 is 1.13 bits per heavy atom. The van der Waals surface area contributed by atoms with Crippen LogP contribution in [0.4, 0.5) is 11.4 Å². The average molecular weight is 559 g/mol. The number of carbonyl (C=O) groups excluding carboxylic acids is 2. The lowest BCUT2D eigenvalue weighted by atomic mass is 9.70. The molecule has 39 heavy (non-hydrogen) atoms. The Bertz CT molecular complexity index is 1450. The van der Waals surface area contributed by atoms with Crippen molar-refractivity contribution in [1.29, 1.82) is 0 Å². The summed E-state index contributed by atoms with van der Waals surface area (Å²) in [4.78, 5) is 30.2. The van der Waals surface area contributed by atoms with E-state index in [2.05, 4.69) is 74.3 Å². The molecule has 2 unspecified atom stereocenters. The van der Waals surface area contributed by atoms with Gasteiger partial charge in [-0.25, -0.2) is 0 Å². The summed E-state index contributed by atoms with van der Waals surface area (Å²) in [6.07, 6.45) is 7.68. The fourth-order valence-electron chi connectivity index (χ4n) is 6.62. The molecule has 0 amide bonds. The Hall–Kier alpha value is -2.76. The predicted molar refractivity (Wildman–Crippen MR) is 162 cm³/mol. The van der Waals surface area contributed by atoms with Crippen molar-refractivity contribution in [2.24, 2.45) is 0 Å². The molecule has 0 saturated heterocycles. The van der Waals surface area contributed by atoms with E-state index < -0.39 is 5.92 Å². The smallest absolute Gasteiger partial charge is 0.181 e. The van der Waals surface area contributed by atoms with Crippen molar-refractivity contribution in [3.8, 4) is 0 Å². The summed E-state index contributed by atoms with van der Waals surface area (Å²) >= 11 is 8.77. The van der Waals surface area contributed by atoms with Crippen molar-refractivity contribution in [3.05, 3.63) is 87.5 Å². The third kappa shape index (κ3) is 4.68. The van der Waals surface area contributed by atoms with Crippen LogP contribution >= 0.6 is 23.4 Å². The molecule has 202 valence electrons. The van der Waals surface area contributed by atoms with Crippen molar-refractivity contribution in [2.45, 2.75) is 81.0 Å². The molecule has 2 aliphatic heterocycles. The number of ketones is 2. The largest absolute Gasteiger partial charge is 0.380 e. The molecule has 0 bridgehead atoms. The highest BCUT2D eigenvalue weighted by molar-refractivity contribution is 8.00. The molecular formula is C33H35ClN2O2S. The molecule has 1 saturated carbocycles. The van der Waals surface area contributed by atoms with Gasteiger partial charge < -0.3 is 10.2 Å². The van der Waals surface area contributed by atoms with Crippen LogP contribution in [0.15, 0.2) is 81.3 Å². The van der Waals surface area contributed by atoms with E-state index in [9.17, 15) is 9.59 Å².